The molecule has 0 unspecified atom stereocenters. The first-order valence-corrected chi connectivity index (χ1v) is 6.58. The summed E-state index contributed by atoms with van der Waals surface area (Å²) in [4.78, 5) is 39.8. The number of carbonyl (C=O) groups excluding carboxylic acids is 3. The fourth-order valence-electron chi connectivity index (χ4n) is 1.04. The maximum Gasteiger partial charge on any atom is 0.364 e. The van der Waals surface area contributed by atoms with Crippen molar-refractivity contribution in [3.63, 3.8) is 0 Å². The van der Waals surface area contributed by atoms with Crippen LogP contribution in [-0.2, 0) is 28.7 Å². The van der Waals surface area contributed by atoms with E-state index in [-0.39, 0.29) is 6.61 Å². The van der Waals surface area contributed by atoms with Crippen LogP contribution in [0.5, 0.6) is 0 Å². The van der Waals surface area contributed by atoms with E-state index in [0.717, 1.165) is 6.92 Å². The molecule has 7 heteroatoms. The van der Waals surface area contributed by atoms with Gasteiger partial charge in [-0.25, -0.2) is 9.59 Å². The molecule has 0 aliphatic carbocycles. The molecule has 0 rings (SSSR count). The predicted molar refractivity (Wildman–Crippen MR) is 75.8 cm³/mol. The number of rotatable bonds is 6. The highest BCUT2D eigenvalue weighted by molar-refractivity contribution is 6.63. The smallest absolute Gasteiger partial charge is 0.364 e. The van der Waals surface area contributed by atoms with E-state index in [1.54, 1.807) is 27.7 Å². The molecule has 0 N–H and O–H groups in total. The molecule has 0 saturated carbocycles. The second-order valence-electron chi connectivity index (χ2n) is 5.82. The lowest BCUT2D eigenvalue weighted by atomic mass is 10.1. The van der Waals surface area contributed by atoms with Crippen molar-refractivity contribution in [2.75, 3.05) is 6.61 Å². The monoisotopic (exact) mass is 301 g/mol. The van der Waals surface area contributed by atoms with Crippen molar-refractivity contribution >= 4 is 23.4 Å². The zero-order valence-corrected chi connectivity index (χ0v) is 13.6. The van der Waals surface area contributed by atoms with Crippen molar-refractivity contribution in [2.24, 2.45) is 5.16 Å². The minimum Gasteiger partial charge on any atom is -0.461 e. The maximum atomic E-state index is 11.9. The van der Waals surface area contributed by atoms with Crippen LogP contribution in [0, 0.1) is 0 Å². The van der Waals surface area contributed by atoms with E-state index >= 15 is 0 Å². The second-order valence-corrected chi connectivity index (χ2v) is 5.82. The van der Waals surface area contributed by atoms with E-state index in [9.17, 15) is 14.4 Å². The first-order chi connectivity index (χ1) is 9.40. The number of Topliss-reactive ketones (excluding diaryl/α,β-unsaturated/α-hetero) is 1. The third-order valence-electron chi connectivity index (χ3n) is 2.06. The minimum absolute atomic E-state index is 0.0978. The van der Waals surface area contributed by atoms with Crippen molar-refractivity contribution in [2.45, 2.75) is 59.7 Å². The lowest BCUT2D eigenvalue weighted by Gasteiger charge is -2.26. The first-order valence-electron chi connectivity index (χ1n) is 6.58. The van der Waals surface area contributed by atoms with E-state index in [4.69, 9.17) is 9.57 Å². The van der Waals surface area contributed by atoms with E-state index < -0.39 is 34.6 Å². The SMILES string of the molecule is CCOC(=O)/C(=N\OC(C)(C)C(=O)OC(C)(C)C)C(C)=O. The molecule has 21 heavy (non-hydrogen) atoms. The molecule has 0 saturated heterocycles. The predicted octanol–water partition coefficient (Wildman–Crippen LogP) is 1.63. The van der Waals surface area contributed by atoms with Crippen LogP contribution in [0.3, 0.4) is 0 Å². The van der Waals surface area contributed by atoms with Crippen molar-refractivity contribution in [1.82, 2.24) is 0 Å². The van der Waals surface area contributed by atoms with E-state index in [0.29, 0.717) is 0 Å². The molecule has 0 atom stereocenters. The van der Waals surface area contributed by atoms with Crippen molar-refractivity contribution in [1.29, 1.82) is 0 Å². The third-order valence-corrected chi connectivity index (χ3v) is 2.06. The topological polar surface area (TPSA) is 91.3 Å². The highest BCUT2D eigenvalue weighted by Gasteiger charge is 2.36. The van der Waals surface area contributed by atoms with Crippen LogP contribution >= 0.6 is 0 Å². The number of oxime groups is 1. The highest BCUT2D eigenvalue weighted by atomic mass is 16.7. The number of hydrogen-bond donors (Lipinski definition) is 0. The number of nitrogens with zero attached hydrogens (tertiary/aromatic N) is 1. The molecular weight excluding hydrogens is 278 g/mol. The molecule has 0 spiro atoms. The molecule has 0 aromatic heterocycles. The Morgan fingerprint density at radius 2 is 1.57 bits per heavy atom. The molecule has 0 aromatic rings. The largest absolute Gasteiger partial charge is 0.461 e. The van der Waals surface area contributed by atoms with Crippen molar-refractivity contribution in [3.05, 3.63) is 0 Å². The molecule has 0 aliphatic heterocycles. The van der Waals surface area contributed by atoms with E-state index in [1.165, 1.54) is 13.8 Å². The second kappa shape index (κ2) is 7.19. The van der Waals surface area contributed by atoms with Gasteiger partial charge < -0.3 is 14.3 Å². The molecule has 0 aromatic carbocycles. The van der Waals surface area contributed by atoms with Crippen LogP contribution in [-0.4, -0.2) is 41.2 Å². The quantitative estimate of drug-likeness (QED) is 0.320. The molecule has 120 valence electrons. The fourth-order valence-corrected chi connectivity index (χ4v) is 1.04. The molecule has 0 bridgehead atoms. The summed E-state index contributed by atoms with van der Waals surface area (Å²) < 4.78 is 9.85. The zero-order valence-electron chi connectivity index (χ0n) is 13.6. The van der Waals surface area contributed by atoms with Gasteiger partial charge >= 0.3 is 11.9 Å². The lowest BCUT2D eigenvalue weighted by molar-refractivity contribution is -0.179. The van der Waals surface area contributed by atoms with Gasteiger partial charge in [0.25, 0.3) is 0 Å². The summed E-state index contributed by atoms with van der Waals surface area (Å²) in [7, 11) is 0. The summed E-state index contributed by atoms with van der Waals surface area (Å²) in [5, 5.41) is 3.46. The van der Waals surface area contributed by atoms with Gasteiger partial charge in [0.2, 0.25) is 11.3 Å². The fraction of sp³-hybridized carbons (Fsp3) is 0.714. The summed E-state index contributed by atoms with van der Waals surface area (Å²) in [6.07, 6.45) is 0. The lowest BCUT2D eigenvalue weighted by Crippen LogP contribution is -2.40. The standard InChI is InChI=1S/C14H23NO6/c1-8-19-11(17)10(9(2)16)15-21-14(6,7)12(18)20-13(3,4)5/h8H2,1-7H3/b15-10-. The van der Waals surface area contributed by atoms with Gasteiger partial charge in [-0.3, -0.25) is 4.79 Å². The highest BCUT2D eigenvalue weighted by Crippen LogP contribution is 2.17. The zero-order chi connectivity index (χ0) is 16.8. The Labute approximate surface area is 124 Å². The number of ether oxygens (including phenoxy) is 2. The maximum absolute atomic E-state index is 11.9. The van der Waals surface area contributed by atoms with Crippen LogP contribution in [0.25, 0.3) is 0 Å². The molecule has 0 aliphatic rings. The van der Waals surface area contributed by atoms with E-state index in [1.807, 2.05) is 0 Å². The van der Waals surface area contributed by atoms with Gasteiger partial charge in [0.1, 0.15) is 5.60 Å². The average Bonchev–Trinajstić information content (AvgIpc) is 2.26. The molecule has 0 amide bonds. The molecule has 0 heterocycles. The Morgan fingerprint density at radius 3 is 1.95 bits per heavy atom. The Balaban J connectivity index is 5.05. The van der Waals surface area contributed by atoms with Gasteiger partial charge in [-0.1, -0.05) is 5.16 Å². The minimum atomic E-state index is -1.44. The van der Waals surface area contributed by atoms with Crippen molar-refractivity contribution < 1.29 is 28.7 Å². The van der Waals surface area contributed by atoms with Crippen LogP contribution in [0.15, 0.2) is 5.16 Å². The van der Waals surface area contributed by atoms with Crippen LogP contribution < -0.4 is 0 Å². The number of hydrogen-bond acceptors (Lipinski definition) is 7. The summed E-state index contributed by atoms with van der Waals surface area (Å²) in [6, 6.07) is 0. The van der Waals surface area contributed by atoms with Gasteiger partial charge in [-0.05, 0) is 41.5 Å². The van der Waals surface area contributed by atoms with Gasteiger partial charge in [0.15, 0.2) is 5.78 Å². The Hall–Kier alpha value is -1.92. The number of carbonyl (C=O) groups is 3. The van der Waals surface area contributed by atoms with Crippen LogP contribution in [0.4, 0.5) is 0 Å². The van der Waals surface area contributed by atoms with Crippen molar-refractivity contribution in [3.8, 4) is 0 Å². The average molecular weight is 301 g/mol. The van der Waals surface area contributed by atoms with Gasteiger partial charge in [-0.2, -0.15) is 0 Å². The van der Waals surface area contributed by atoms with Gasteiger partial charge in [-0.15, -0.1) is 0 Å². The summed E-state index contributed by atoms with van der Waals surface area (Å²) in [5.41, 5.74) is -2.64. The van der Waals surface area contributed by atoms with Gasteiger partial charge in [0, 0.05) is 6.92 Å². The summed E-state index contributed by atoms with van der Waals surface area (Å²) in [5.74, 6) is -2.18. The normalized spacial score (nSPS) is 12.6. The number of ketones is 1. The van der Waals surface area contributed by atoms with E-state index in [2.05, 4.69) is 9.89 Å². The Bertz CT molecular complexity index is 445. The molecule has 7 nitrogen and oxygen atoms in total. The third kappa shape index (κ3) is 6.87. The van der Waals surface area contributed by atoms with Gasteiger partial charge in [0.05, 0.1) is 6.61 Å². The molecular formula is C14H23NO6. The summed E-state index contributed by atoms with van der Waals surface area (Å²) in [6.45, 7) is 10.8. The van der Waals surface area contributed by atoms with Crippen LogP contribution in [0.2, 0.25) is 0 Å². The molecule has 0 radical (unpaired) electrons. The van der Waals surface area contributed by atoms with Crippen LogP contribution in [0.1, 0.15) is 48.5 Å². The molecule has 0 fully saturated rings. The number of esters is 2. The first kappa shape index (κ1) is 19.1. The Kier molecular flexibility index (Phi) is 6.53. The Morgan fingerprint density at radius 1 is 1.05 bits per heavy atom. The summed E-state index contributed by atoms with van der Waals surface area (Å²) >= 11 is 0.